The predicted octanol–water partition coefficient (Wildman–Crippen LogP) is 3.59. The first kappa shape index (κ1) is 19.7. The lowest BCUT2D eigenvalue weighted by atomic mass is 9.82. The summed E-state index contributed by atoms with van der Waals surface area (Å²) in [6.07, 6.45) is 1.87. The van der Waals surface area contributed by atoms with Gasteiger partial charge in [-0.15, -0.1) is 0 Å². The zero-order valence-electron chi connectivity index (χ0n) is 16.6. The second kappa shape index (κ2) is 6.93. The standard InChI is InChI=1S/C21H30BNO2/c1-19(2,3)16-12-13-23-18(14-16)15-8-10-17(11-9-15)22-25-21(6,7)20(4,5)24/h8-14,22,24H,1-7H3. The molecule has 0 aliphatic heterocycles. The van der Waals surface area contributed by atoms with Crippen molar-refractivity contribution in [2.24, 2.45) is 0 Å². The van der Waals surface area contributed by atoms with Gasteiger partial charge in [-0.1, -0.05) is 50.5 Å². The Balaban J connectivity index is 2.13. The molecule has 0 amide bonds. The van der Waals surface area contributed by atoms with E-state index in [9.17, 15) is 5.11 Å². The first-order valence-corrected chi connectivity index (χ1v) is 8.82. The number of benzene rings is 1. The molecule has 0 aliphatic rings. The minimum atomic E-state index is -0.899. The first-order chi connectivity index (χ1) is 11.4. The Kier molecular flexibility index (Phi) is 5.45. The normalized spacial score (nSPS) is 13.0. The smallest absolute Gasteiger partial charge is 0.309 e. The van der Waals surface area contributed by atoms with Crippen LogP contribution < -0.4 is 5.46 Å². The molecule has 3 nitrogen and oxygen atoms in total. The van der Waals surface area contributed by atoms with Crippen molar-refractivity contribution in [2.45, 2.75) is 65.1 Å². The largest absolute Gasteiger partial charge is 0.427 e. The van der Waals surface area contributed by atoms with Crippen LogP contribution in [0.1, 0.15) is 54.0 Å². The maximum Gasteiger partial charge on any atom is 0.309 e. The first-order valence-electron chi connectivity index (χ1n) is 8.82. The number of aromatic nitrogens is 1. The predicted molar refractivity (Wildman–Crippen MR) is 107 cm³/mol. The summed E-state index contributed by atoms with van der Waals surface area (Å²) in [5, 5.41) is 10.2. The van der Waals surface area contributed by atoms with Crippen molar-refractivity contribution in [3.05, 3.63) is 48.2 Å². The lowest BCUT2D eigenvalue weighted by Gasteiger charge is -2.37. The lowest BCUT2D eigenvalue weighted by Crippen LogP contribution is -2.49. The second-order valence-electron chi connectivity index (χ2n) is 8.73. The number of pyridine rings is 1. The summed E-state index contributed by atoms with van der Waals surface area (Å²) in [4.78, 5) is 4.51. The molecular weight excluding hydrogens is 309 g/mol. The molecule has 2 aromatic rings. The van der Waals surface area contributed by atoms with E-state index in [1.807, 2.05) is 20.0 Å². The molecule has 2 rings (SSSR count). The van der Waals surface area contributed by atoms with Crippen LogP contribution in [0.5, 0.6) is 0 Å². The van der Waals surface area contributed by atoms with Gasteiger partial charge in [0, 0.05) is 11.8 Å². The van der Waals surface area contributed by atoms with Gasteiger partial charge in [0.05, 0.1) is 16.9 Å². The Hall–Kier alpha value is -1.65. The SMILES string of the molecule is CC(C)(C)c1ccnc(-c2ccc(BOC(C)(C)C(C)(C)O)cc2)c1. The van der Waals surface area contributed by atoms with E-state index in [4.69, 9.17) is 4.65 Å². The summed E-state index contributed by atoms with van der Waals surface area (Å²) >= 11 is 0. The van der Waals surface area contributed by atoms with Gasteiger partial charge >= 0.3 is 7.48 Å². The molecule has 134 valence electrons. The summed E-state index contributed by atoms with van der Waals surface area (Å²) in [5.74, 6) is 0. The molecule has 25 heavy (non-hydrogen) atoms. The molecule has 0 atom stereocenters. The highest BCUT2D eigenvalue weighted by atomic mass is 16.5. The molecular formula is C21H30BNO2. The maximum atomic E-state index is 10.2. The molecule has 0 aliphatic carbocycles. The van der Waals surface area contributed by atoms with E-state index in [1.54, 1.807) is 13.8 Å². The minimum absolute atomic E-state index is 0.105. The highest BCUT2D eigenvalue weighted by molar-refractivity contribution is 6.47. The van der Waals surface area contributed by atoms with Crippen molar-refractivity contribution in [1.29, 1.82) is 0 Å². The molecule has 0 saturated carbocycles. The van der Waals surface area contributed by atoms with E-state index in [-0.39, 0.29) is 5.41 Å². The van der Waals surface area contributed by atoms with Gasteiger partial charge < -0.3 is 9.76 Å². The van der Waals surface area contributed by atoms with Crippen LogP contribution in [0, 0.1) is 0 Å². The van der Waals surface area contributed by atoms with Gasteiger partial charge in [-0.3, -0.25) is 4.98 Å². The maximum absolute atomic E-state index is 10.2. The van der Waals surface area contributed by atoms with Crippen LogP contribution in [0.3, 0.4) is 0 Å². The minimum Gasteiger partial charge on any atom is -0.427 e. The summed E-state index contributed by atoms with van der Waals surface area (Å²) in [6.45, 7) is 14.0. The Morgan fingerprint density at radius 1 is 0.920 bits per heavy atom. The van der Waals surface area contributed by atoms with Crippen LogP contribution in [0.15, 0.2) is 42.6 Å². The number of nitrogens with zero attached hydrogens (tertiary/aromatic N) is 1. The van der Waals surface area contributed by atoms with Crippen molar-refractivity contribution in [3.63, 3.8) is 0 Å². The van der Waals surface area contributed by atoms with Gasteiger partial charge in [-0.05, 0) is 50.8 Å². The second-order valence-corrected chi connectivity index (χ2v) is 8.73. The van der Waals surface area contributed by atoms with Crippen LogP contribution in [0.25, 0.3) is 11.3 Å². The van der Waals surface area contributed by atoms with Crippen LogP contribution in [0.2, 0.25) is 0 Å². The van der Waals surface area contributed by atoms with Crippen molar-refractivity contribution in [3.8, 4) is 11.3 Å². The Morgan fingerprint density at radius 3 is 2.04 bits per heavy atom. The highest BCUT2D eigenvalue weighted by Crippen LogP contribution is 2.26. The fraction of sp³-hybridized carbons (Fsp3) is 0.476. The van der Waals surface area contributed by atoms with E-state index >= 15 is 0 Å². The molecule has 1 aromatic carbocycles. The zero-order chi connectivity index (χ0) is 18.9. The van der Waals surface area contributed by atoms with E-state index in [0.717, 1.165) is 16.7 Å². The molecule has 0 fully saturated rings. The Bertz CT molecular complexity index is 710. The Morgan fingerprint density at radius 2 is 1.52 bits per heavy atom. The summed E-state index contributed by atoms with van der Waals surface area (Å²) in [7, 11) is 0.465. The van der Waals surface area contributed by atoms with Crippen molar-refractivity contribution < 1.29 is 9.76 Å². The van der Waals surface area contributed by atoms with E-state index < -0.39 is 11.2 Å². The van der Waals surface area contributed by atoms with E-state index in [0.29, 0.717) is 7.48 Å². The fourth-order valence-corrected chi connectivity index (χ4v) is 2.27. The fourth-order valence-electron chi connectivity index (χ4n) is 2.27. The van der Waals surface area contributed by atoms with Gasteiger partial charge in [0.1, 0.15) is 0 Å². The lowest BCUT2D eigenvalue weighted by molar-refractivity contribution is -0.0893. The van der Waals surface area contributed by atoms with Crippen molar-refractivity contribution in [1.82, 2.24) is 4.98 Å². The average Bonchev–Trinajstić information content (AvgIpc) is 2.52. The van der Waals surface area contributed by atoms with Gasteiger partial charge in [0.25, 0.3) is 0 Å². The highest BCUT2D eigenvalue weighted by Gasteiger charge is 2.35. The van der Waals surface area contributed by atoms with Gasteiger partial charge in [0.15, 0.2) is 0 Å². The molecule has 1 heterocycles. The molecule has 1 N–H and O–H groups in total. The number of aliphatic hydroxyl groups is 1. The third-order valence-electron chi connectivity index (χ3n) is 4.95. The topological polar surface area (TPSA) is 42.4 Å². The zero-order valence-corrected chi connectivity index (χ0v) is 16.6. The number of rotatable bonds is 5. The molecule has 0 bridgehead atoms. The van der Waals surface area contributed by atoms with Gasteiger partial charge in [-0.25, -0.2) is 0 Å². The summed E-state index contributed by atoms with van der Waals surface area (Å²) in [5.41, 5.74) is 3.02. The third kappa shape index (κ3) is 4.93. The van der Waals surface area contributed by atoms with E-state index in [1.165, 1.54) is 5.56 Å². The van der Waals surface area contributed by atoms with E-state index in [2.05, 4.69) is 62.2 Å². The van der Waals surface area contributed by atoms with Crippen molar-refractivity contribution in [2.75, 3.05) is 0 Å². The molecule has 0 saturated heterocycles. The van der Waals surface area contributed by atoms with Crippen LogP contribution in [-0.2, 0) is 10.1 Å². The Labute approximate surface area is 152 Å². The summed E-state index contributed by atoms with van der Waals surface area (Å²) in [6, 6.07) is 12.5. The number of hydrogen-bond donors (Lipinski definition) is 1. The third-order valence-corrected chi connectivity index (χ3v) is 4.95. The quantitative estimate of drug-likeness (QED) is 0.847. The molecule has 0 radical (unpaired) electrons. The summed E-state index contributed by atoms with van der Waals surface area (Å²) < 4.78 is 5.92. The van der Waals surface area contributed by atoms with Gasteiger partial charge in [-0.2, -0.15) is 0 Å². The average molecular weight is 339 g/mol. The van der Waals surface area contributed by atoms with Crippen LogP contribution in [0.4, 0.5) is 0 Å². The molecule has 0 unspecified atom stereocenters. The molecule has 4 heteroatoms. The molecule has 1 aromatic heterocycles. The van der Waals surface area contributed by atoms with Crippen LogP contribution in [-0.4, -0.2) is 28.8 Å². The monoisotopic (exact) mass is 339 g/mol. The number of hydrogen-bond acceptors (Lipinski definition) is 3. The molecule has 0 spiro atoms. The van der Waals surface area contributed by atoms with Crippen molar-refractivity contribution >= 4 is 12.9 Å². The van der Waals surface area contributed by atoms with Crippen LogP contribution >= 0.6 is 0 Å². The van der Waals surface area contributed by atoms with Gasteiger partial charge in [0.2, 0.25) is 0 Å².